The average molecular weight is 534 g/mol. The summed E-state index contributed by atoms with van der Waals surface area (Å²) in [6, 6.07) is 14.9. The van der Waals surface area contributed by atoms with Crippen LogP contribution in [0.4, 0.5) is 5.69 Å². The predicted octanol–water partition coefficient (Wildman–Crippen LogP) is 4.48. The molecule has 0 spiro atoms. The summed E-state index contributed by atoms with van der Waals surface area (Å²) in [5.74, 6) is 0.146. The Hall–Kier alpha value is -3.46. The maximum absolute atomic E-state index is 13.5. The van der Waals surface area contributed by atoms with E-state index in [0.717, 1.165) is 24.0 Å². The molecule has 0 saturated carbocycles. The number of benzene rings is 2. The van der Waals surface area contributed by atoms with Crippen molar-refractivity contribution in [2.45, 2.75) is 70.7 Å². The number of carbonyl (C=O) groups is 3. The number of hydrogen-bond acceptors (Lipinski definition) is 6. The van der Waals surface area contributed by atoms with Crippen molar-refractivity contribution in [1.29, 1.82) is 0 Å². The molecular weight excluding hydrogens is 498 g/mol. The number of aryl methyl sites for hydroxylation is 1. The summed E-state index contributed by atoms with van der Waals surface area (Å²) in [6.07, 6.45) is 3.05. The van der Waals surface area contributed by atoms with Gasteiger partial charge in [-0.1, -0.05) is 74.0 Å². The number of aliphatic imine (C=N–C) groups is 2. The number of carbonyl (C=O) groups excluding carboxylic acids is 3. The van der Waals surface area contributed by atoms with Crippen molar-refractivity contribution >= 4 is 46.2 Å². The van der Waals surface area contributed by atoms with Gasteiger partial charge in [0.25, 0.3) is 5.91 Å². The quantitative estimate of drug-likeness (QED) is 0.416. The second kappa shape index (κ2) is 12.9. The first-order valence-electron chi connectivity index (χ1n) is 13.3. The van der Waals surface area contributed by atoms with Crippen LogP contribution >= 0.6 is 11.8 Å². The fourth-order valence-electron chi connectivity index (χ4n) is 4.29. The SMILES string of the molecule is CCCCNC(=O)CC[C@H]1N=C2c3ccccc3N=C(S[C@@H](CC)C(=O)NCc3ccc(C)cc3)N2C1=O. The van der Waals surface area contributed by atoms with Crippen LogP contribution in [0.25, 0.3) is 0 Å². The van der Waals surface area contributed by atoms with E-state index in [1.807, 2.05) is 62.4 Å². The molecular formula is C29H35N5O3S. The van der Waals surface area contributed by atoms with Crippen molar-refractivity contribution in [3.05, 3.63) is 65.2 Å². The molecule has 2 aromatic rings. The van der Waals surface area contributed by atoms with E-state index in [4.69, 9.17) is 9.98 Å². The fourth-order valence-corrected chi connectivity index (χ4v) is 5.33. The van der Waals surface area contributed by atoms with Crippen LogP contribution < -0.4 is 10.6 Å². The Bertz CT molecular complexity index is 1240. The van der Waals surface area contributed by atoms with E-state index < -0.39 is 11.3 Å². The maximum Gasteiger partial charge on any atom is 0.259 e. The van der Waals surface area contributed by atoms with Gasteiger partial charge in [-0.3, -0.25) is 19.4 Å². The van der Waals surface area contributed by atoms with Gasteiger partial charge in [-0.15, -0.1) is 0 Å². The molecule has 0 aliphatic carbocycles. The number of unbranched alkanes of at least 4 members (excludes halogenated alkanes) is 1. The first-order valence-corrected chi connectivity index (χ1v) is 14.2. The first-order chi connectivity index (χ1) is 18.4. The zero-order chi connectivity index (χ0) is 27.1. The highest BCUT2D eigenvalue weighted by Gasteiger charge is 2.42. The molecule has 0 bridgehead atoms. The van der Waals surface area contributed by atoms with E-state index in [0.29, 0.717) is 42.6 Å². The van der Waals surface area contributed by atoms with Gasteiger partial charge in [-0.05, 0) is 43.9 Å². The summed E-state index contributed by atoms with van der Waals surface area (Å²) in [4.78, 5) is 49.9. The smallest absolute Gasteiger partial charge is 0.259 e. The number of thioether (sulfide) groups is 1. The molecule has 0 fully saturated rings. The minimum Gasteiger partial charge on any atom is -0.356 e. The molecule has 0 saturated heterocycles. The van der Waals surface area contributed by atoms with Gasteiger partial charge in [-0.2, -0.15) is 0 Å². The molecule has 2 heterocycles. The first kappa shape index (κ1) is 27.6. The monoisotopic (exact) mass is 533 g/mol. The molecule has 4 rings (SSSR count). The third-order valence-electron chi connectivity index (χ3n) is 6.54. The summed E-state index contributed by atoms with van der Waals surface area (Å²) in [5, 5.41) is 5.93. The van der Waals surface area contributed by atoms with E-state index in [1.165, 1.54) is 22.2 Å². The van der Waals surface area contributed by atoms with Crippen molar-refractivity contribution in [2.24, 2.45) is 9.98 Å². The highest BCUT2D eigenvalue weighted by atomic mass is 32.2. The largest absolute Gasteiger partial charge is 0.356 e. The summed E-state index contributed by atoms with van der Waals surface area (Å²) < 4.78 is 0. The third-order valence-corrected chi connectivity index (χ3v) is 7.86. The second-order valence-electron chi connectivity index (χ2n) is 9.51. The molecule has 0 aromatic heterocycles. The number of hydrogen-bond donors (Lipinski definition) is 2. The van der Waals surface area contributed by atoms with Gasteiger partial charge in [0.15, 0.2) is 5.17 Å². The predicted molar refractivity (Wildman–Crippen MR) is 153 cm³/mol. The number of rotatable bonds is 11. The molecule has 2 aliphatic rings. The lowest BCUT2D eigenvalue weighted by atomic mass is 10.1. The molecule has 38 heavy (non-hydrogen) atoms. The minimum atomic E-state index is -0.658. The van der Waals surface area contributed by atoms with Crippen LogP contribution in [-0.4, -0.2) is 51.5 Å². The average Bonchev–Trinajstić information content (AvgIpc) is 3.26. The number of nitrogens with zero attached hydrogens (tertiary/aromatic N) is 3. The lowest BCUT2D eigenvalue weighted by Gasteiger charge is -2.27. The Morgan fingerprint density at radius 3 is 2.58 bits per heavy atom. The van der Waals surface area contributed by atoms with E-state index in [1.54, 1.807) is 0 Å². The van der Waals surface area contributed by atoms with Gasteiger partial charge in [-0.25, -0.2) is 9.89 Å². The zero-order valence-corrected chi connectivity index (χ0v) is 23.0. The lowest BCUT2D eigenvalue weighted by Crippen LogP contribution is -2.43. The van der Waals surface area contributed by atoms with Crippen LogP contribution in [0.2, 0.25) is 0 Å². The molecule has 2 aliphatic heterocycles. The van der Waals surface area contributed by atoms with Gasteiger partial charge in [0.05, 0.1) is 10.9 Å². The Morgan fingerprint density at radius 2 is 1.84 bits per heavy atom. The molecule has 200 valence electrons. The second-order valence-corrected chi connectivity index (χ2v) is 10.7. The van der Waals surface area contributed by atoms with E-state index in [9.17, 15) is 14.4 Å². The summed E-state index contributed by atoms with van der Waals surface area (Å²) in [5.41, 5.74) is 3.68. The number of nitrogens with one attached hydrogen (secondary N) is 2. The fraction of sp³-hybridized carbons (Fsp3) is 0.414. The van der Waals surface area contributed by atoms with E-state index >= 15 is 0 Å². The Morgan fingerprint density at radius 1 is 1.08 bits per heavy atom. The molecule has 2 aromatic carbocycles. The van der Waals surface area contributed by atoms with Crippen molar-refractivity contribution in [3.63, 3.8) is 0 Å². The third kappa shape index (κ3) is 6.51. The van der Waals surface area contributed by atoms with Crippen LogP contribution in [0.15, 0.2) is 58.5 Å². The highest BCUT2D eigenvalue weighted by Crippen LogP contribution is 2.35. The number of fused-ring (bicyclic) bond motifs is 3. The molecule has 2 atom stereocenters. The number of para-hydroxylation sites is 1. The minimum absolute atomic E-state index is 0.0729. The highest BCUT2D eigenvalue weighted by molar-refractivity contribution is 8.15. The van der Waals surface area contributed by atoms with Crippen LogP contribution in [0.5, 0.6) is 0 Å². The van der Waals surface area contributed by atoms with Crippen molar-refractivity contribution < 1.29 is 14.4 Å². The van der Waals surface area contributed by atoms with Crippen molar-refractivity contribution in [2.75, 3.05) is 6.54 Å². The Labute approximate surface area is 228 Å². The number of amides is 3. The van der Waals surface area contributed by atoms with Gasteiger partial charge in [0.2, 0.25) is 11.8 Å². The van der Waals surface area contributed by atoms with E-state index in [2.05, 4.69) is 17.6 Å². The molecule has 0 unspecified atom stereocenters. The van der Waals surface area contributed by atoms with Crippen LogP contribution in [-0.2, 0) is 20.9 Å². The van der Waals surface area contributed by atoms with Crippen LogP contribution in [0, 0.1) is 6.92 Å². The summed E-state index contributed by atoms with van der Waals surface area (Å²) in [7, 11) is 0. The lowest BCUT2D eigenvalue weighted by molar-refractivity contribution is -0.125. The molecule has 8 nitrogen and oxygen atoms in total. The summed E-state index contributed by atoms with van der Waals surface area (Å²) in [6.45, 7) is 7.12. The van der Waals surface area contributed by atoms with Gasteiger partial charge in [0.1, 0.15) is 11.9 Å². The number of amidine groups is 2. The zero-order valence-electron chi connectivity index (χ0n) is 22.2. The van der Waals surface area contributed by atoms with Gasteiger partial charge < -0.3 is 10.6 Å². The van der Waals surface area contributed by atoms with Gasteiger partial charge >= 0.3 is 0 Å². The Balaban J connectivity index is 1.47. The molecule has 0 radical (unpaired) electrons. The normalized spacial score (nSPS) is 16.8. The van der Waals surface area contributed by atoms with Crippen LogP contribution in [0.3, 0.4) is 0 Å². The topological polar surface area (TPSA) is 103 Å². The van der Waals surface area contributed by atoms with Gasteiger partial charge in [0, 0.05) is 25.1 Å². The van der Waals surface area contributed by atoms with E-state index in [-0.39, 0.29) is 24.1 Å². The van der Waals surface area contributed by atoms with Crippen molar-refractivity contribution in [1.82, 2.24) is 15.5 Å². The molecule has 3 amide bonds. The van der Waals surface area contributed by atoms with Crippen LogP contribution in [0.1, 0.15) is 62.6 Å². The van der Waals surface area contributed by atoms with Crippen molar-refractivity contribution in [3.8, 4) is 0 Å². The maximum atomic E-state index is 13.5. The molecule has 9 heteroatoms. The Kier molecular flexibility index (Phi) is 9.33. The standard InChI is InChI=1S/C29H35N5O3S/c1-4-6-17-30-25(35)16-15-23-28(37)34-26(32-23)21-9-7-8-10-22(21)33-29(34)38-24(5-2)27(36)31-18-20-13-11-19(3)12-14-20/h7-14,23-24H,4-6,15-18H2,1-3H3,(H,30,35)(H,31,36)/t23-,24+/m1/s1. The summed E-state index contributed by atoms with van der Waals surface area (Å²) >= 11 is 1.28. The molecule has 2 N–H and O–H groups in total.